The topological polar surface area (TPSA) is 137 Å². The lowest BCUT2D eigenvalue weighted by Gasteiger charge is -2.12. The highest BCUT2D eigenvalue weighted by Crippen LogP contribution is 2.29. The maximum atomic E-state index is 13.0. The summed E-state index contributed by atoms with van der Waals surface area (Å²) in [7, 11) is -3.68. The molecule has 0 radical (unpaired) electrons. The van der Waals surface area contributed by atoms with Crippen molar-refractivity contribution in [3.8, 4) is 17.6 Å². The Balaban J connectivity index is 2.03. The van der Waals surface area contributed by atoms with E-state index in [2.05, 4.69) is 21.5 Å². The maximum absolute atomic E-state index is 13.0. The van der Waals surface area contributed by atoms with Crippen molar-refractivity contribution in [2.45, 2.75) is 11.8 Å². The maximum Gasteiger partial charge on any atom is 0.286 e. The van der Waals surface area contributed by atoms with Crippen molar-refractivity contribution < 1.29 is 13.5 Å². The molecule has 2 N–H and O–H groups in total. The predicted octanol–water partition coefficient (Wildman–Crippen LogP) is 3.60. The Labute approximate surface area is 184 Å². The van der Waals surface area contributed by atoms with Crippen LogP contribution in [-0.4, -0.2) is 24.6 Å². The molecule has 0 aliphatic heterocycles. The quantitative estimate of drug-likeness (QED) is 0.419. The minimum atomic E-state index is -3.68. The minimum Gasteiger partial charge on any atom is -0.493 e. The number of nitrogens with one attached hydrogen (secondary N) is 1. The SMILES string of the molecule is C=CCNS(=O)(=O)c1ccc(N=Nc2c(C)c(C#N)c(O)n(-c3ccccc3)c2=O)cc1. The van der Waals surface area contributed by atoms with E-state index in [-0.39, 0.29) is 28.3 Å². The van der Waals surface area contributed by atoms with Crippen LogP contribution in [0, 0.1) is 18.3 Å². The Morgan fingerprint density at radius 3 is 2.41 bits per heavy atom. The Hall–Kier alpha value is -4.07. The molecule has 1 heterocycles. The molecule has 0 aliphatic carbocycles. The second kappa shape index (κ2) is 9.38. The summed E-state index contributed by atoms with van der Waals surface area (Å²) in [5.74, 6) is -0.485. The molecule has 9 nitrogen and oxygen atoms in total. The fourth-order valence-corrected chi connectivity index (χ4v) is 3.88. The van der Waals surface area contributed by atoms with Gasteiger partial charge in [0.2, 0.25) is 15.9 Å². The number of para-hydroxylation sites is 1. The fraction of sp³-hybridized carbons (Fsp3) is 0.0909. The molecule has 0 unspecified atom stereocenters. The zero-order valence-electron chi connectivity index (χ0n) is 17.1. The van der Waals surface area contributed by atoms with Gasteiger partial charge in [-0.05, 0) is 43.3 Å². The van der Waals surface area contributed by atoms with Crippen LogP contribution in [0.3, 0.4) is 0 Å². The van der Waals surface area contributed by atoms with Crippen LogP contribution in [0.2, 0.25) is 0 Å². The van der Waals surface area contributed by atoms with Gasteiger partial charge in [0.1, 0.15) is 11.6 Å². The third-order valence-electron chi connectivity index (χ3n) is 4.53. The van der Waals surface area contributed by atoms with Gasteiger partial charge in [0.05, 0.1) is 16.3 Å². The number of hydrogen-bond acceptors (Lipinski definition) is 7. The molecule has 2 aromatic carbocycles. The molecular weight excluding hydrogens is 430 g/mol. The van der Waals surface area contributed by atoms with Crippen LogP contribution < -0.4 is 10.3 Å². The van der Waals surface area contributed by atoms with Crippen LogP contribution in [0.5, 0.6) is 5.88 Å². The van der Waals surface area contributed by atoms with Crippen molar-refractivity contribution in [3.63, 3.8) is 0 Å². The molecule has 0 bridgehead atoms. The zero-order chi connectivity index (χ0) is 23.3. The second-order valence-electron chi connectivity index (χ2n) is 6.59. The van der Waals surface area contributed by atoms with Gasteiger partial charge in [0, 0.05) is 12.1 Å². The Bertz CT molecular complexity index is 1390. The van der Waals surface area contributed by atoms with Crippen LogP contribution in [0.15, 0.2) is 87.2 Å². The second-order valence-corrected chi connectivity index (χ2v) is 8.36. The summed E-state index contributed by atoms with van der Waals surface area (Å²) in [6.45, 7) is 5.05. The van der Waals surface area contributed by atoms with Crippen molar-refractivity contribution in [1.29, 1.82) is 5.26 Å². The summed E-state index contributed by atoms with van der Waals surface area (Å²) in [6.07, 6.45) is 1.43. The standard InChI is InChI=1S/C22H19N5O4S/c1-3-13-24-32(30,31)18-11-9-16(10-12-18)25-26-20-15(2)19(14-23)21(28)27(22(20)29)17-7-5-4-6-8-17/h3-12,24,28H,1,13H2,2H3. The predicted molar refractivity (Wildman–Crippen MR) is 119 cm³/mol. The number of pyridine rings is 1. The van der Waals surface area contributed by atoms with Crippen molar-refractivity contribution in [3.05, 3.63) is 88.7 Å². The number of hydrogen-bond donors (Lipinski definition) is 2. The lowest BCUT2D eigenvalue weighted by molar-refractivity contribution is 0.433. The first-order chi connectivity index (χ1) is 15.3. The van der Waals surface area contributed by atoms with E-state index >= 15 is 0 Å². The summed E-state index contributed by atoms with van der Waals surface area (Å²) in [4.78, 5) is 13.1. The highest BCUT2D eigenvalue weighted by atomic mass is 32.2. The smallest absolute Gasteiger partial charge is 0.286 e. The summed E-state index contributed by atoms with van der Waals surface area (Å²) >= 11 is 0. The minimum absolute atomic E-state index is 0.0392. The van der Waals surface area contributed by atoms with Crippen molar-refractivity contribution >= 4 is 21.4 Å². The van der Waals surface area contributed by atoms with E-state index in [0.29, 0.717) is 11.4 Å². The molecule has 10 heteroatoms. The fourth-order valence-electron chi connectivity index (χ4n) is 2.88. The van der Waals surface area contributed by atoms with Gasteiger partial charge in [-0.2, -0.15) is 10.4 Å². The van der Waals surface area contributed by atoms with Crippen LogP contribution in [-0.2, 0) is 10.0 Å². The number of nitrogens with zero attached hydrogens (tertiary/aromatic N) is 4. The molecule has 0 saturated heterocycles. The van der Waals surface area contributed by atoms with E-state index in [1.807, 2.05) is 6.07 Å². The number of benzene rings is 2. The van der Waals surface area contributed by atoms with Crippen LogP contribution in [0.25, 0.3) is 5.69 Å². The number of sulfonamides is 1. The molecule has 32 heavy (non-hydrogen) atoms. The number of nitriles is 1. The van der Waals surface area contributed by atoms with Crippen LogP contribution in [0.1, 0.15) is 11.1 Å². The van der Waals surface area contributed by atoms with Crippen LogP contribution in [0.4, 0.5) is 11.4 Å². The van der Waals surface area contributed by atoms with Gasteiger partial charge in [0.25, 0.3) is 5.56 Å². The lowest BCUT2D eigenvalue weighted by Crippen LogP contribution is -2.23. The van der Waals surface area contributed by atoms with E-state index in [1.165, 1.54) is 37.3 Å². The van der Waals surface area contributed by atoms with Gasteiger partial charge >= 0.3 is 0 Å². The van der Waals surface area contributed by atoms with Gasteiger partial charge in [-0.3, -0.25) is 4.79 Å². The van der Waals surface area contributed by atoms with E-state index in [0.717, 1.165) is 4.57 Å². The molecule has 0 aliphatic rings. The number of aromatic hydroxyl groups is 1. The van der Waals surface area contributed by atoms with Crippen molar-refractivity contribution in [1.82, 2.24) is 9.29 Å². The van der Waals surface area contributed by atoms with Gasteiger partial charge in [0.15, 0.2) is 5.69 Å². The first kappa shape index (κ1) is 22.6. The molecule has 3 aromatic rings. The molecule has 0 fully saturated rings. The average molecular weight is 449 g/mol. The molecule has 3 rings (SSSR count). The third kappa shape index (κ3) is 4.49. The normalized spacial score (nSPS) is 11.4. The molecule has 0 spiro atoms. The van der Waals surface area contributed by atoms with Crippen molar-refractivity contribution in [2.75, 3.05) is 6.54 Å². The summed E-state index contributed by atoms with van der Waals surface area (Å²) in [5, 5.41) is 28.0. The summed E-state index contributed by atoms with van der Waals surface area (Å²) in [6, 6.07) is 15.8. The zero-order valence-corrected chi connectivity index (χ0v) is 17.9. The van der Waals surface area contributed by atoms with E-state index in [9.17, 15) is 23.6 Å². The van der Waals surface area contributed by atoms with Gasteiger partial charge in [-0.25, -0.2) is 17.7 Å². The summed E-state index contributed by atoms with van der Waals surface area (Å²) in [5.41, 5.74) is -0.0286. The van der Waals surface area contributed by atoms with Crippen LogP contribution >= 0.6 is 0 Å². The van der Waals surface area contributed by atoms with E-state index in [1.54, 1.807) is 30.3 Å². The molecule has 0 saturated carbocycles. The number of aromatic nitrogens is 1. The van der Waals surface area contributed by atoms with Crippen molar-refractivity contribution in [2.24, 2.45) is 10.2 Å². The Morgan fingerprint density at radius 1 is 1.16 bits per heavy atom. The number of azo groups is 1. The van der Waals surface area contributed by atoms with E-state index < -0.39 is 21.5 Å². The Morgan fingerprint density at radius 2 is 1.81 bits per heavy atom. The number of rotatable bonds is 7. The summed E-state index contributed by atoms with van der Waals surface area (Å²) < 4.78 is 27.6. The van der Waals surface area contributed by atoms with Gasteiger partial charge < -0.3 is 5.11 Å². The van der Waals surface area contributed by atoms with Gasteiger partial charge in [-0.1, -0.05) is 24.3 Å². The highest BCUT2D eigenvalue weighted by molar-refractivity contribution is 7.89. The Kier molecular flexibility index (Phi) is 6.63. The molecule has 0 atom stereocenters. The first-order valence-electron chi connectivity index (χ1n) is 9.36. The molecular formula is C22H19N5O4S. The molecule has 0 amide bonds. The highest BCUT2D eigenvalue weighted by Gasteiger charge is 2.20. The average Bonchev–Trinajstić information content (AvgIpc) is 2.79. The molecule has 162 valence electrons. The largest absolute Gasteiger partial charge is 0.493 e. The molecule has 1 aromatic heterocycles. The lowest BCUT2D eigenvalue weighted by atomic mass is 10.1. The van der Waals surface area contributed by atoms with Gasteiger partial charge in [-0.15, -0.1) is 11.7 Å². The third-order valence-corrected chi connectivity index (χ3v) is 5.97. The monoisotopic (exact) mass is 449 g/mol. The first-order valence-corrected chi connectivity index (χ1v) is 10.8. The van der Waals surface area contributed by atoms with E-state index in [4.69, 9.17) is 0 Å².